The highest BCUT2D eigenvalue weighted by Gasteiger charge is 2.24. The fraction of sp³-hybridized carbons (Fsp3) is 0.556. The Morgan fingerprint density at radius 3 is 2.48 bits per heavy atom. The molecule has 0 saturated heterocycles. The minimum atomic E-state index is 0.148. The van der Waals surface area contributed by atoms with E-state index in [1.54, 1.807) is 6.21 Å². The summed E-state index contributed by atoms with van der Waals surface area (Å²) in [5.74, 6) is 0.148. The van der Waals surface area contributed by atoms with Crippen molar-refractivity contribution in [2.24, 2.45) is 4.99 Å². The van der Waals surface area contributed by atoms with Crippen molar-refractivity contribution in [3.8, 4) is 0 Å². The van der Waals surface area contributed by atoms with Crippen LogP contribution in [0.25, 0.3) is 0 Å². The summed E-state index contributed by atoms with van der Waals surface area (Å²) in [5, 5.41) is 0. The molecule has 0 radical (unpaired) electrons. The van der Waals surface area contributed by atoms with Crippen LogP contribution in [0.3, 0.4) is 0 Å². The van der Waals surface area contributed by atoms with Crippen molar-refractivity contribution in [2.45, 2.75) is 58.9 Å². The van der Waals surface area contributed by atoms with Crippen LogP contribution in [0, 0.1) is 13.8 Å². The largest absolute Gasteiger partial charge is 0.339 e. The number of aliphatic imine (C=N–C) groups is 1. The van der Waals surface area contributed by atoms with E-state index in [2.05, 4.69) is 4.99 Å². The zero-order valence-electron chi connectivity index (χ0n) is 13.6. The Hall–Kier alpha value is -1.64. The highest BCUT2D eigenvalue weighted by molar-refractivity contribution is 5.96. The summed E-state index contributed by atoms with van der Waals surface area (Å²) >= 11 is 0. The van der Waals surface area contributed by atoms with E-state index >= 15 is 0 Å². The second-order valence-electron chi connectivity index (χ2n) is 6.05. The molecule has 1 fully saturated rings. The molecule has 0 heterocycles. The van der Waals surface area contributed by atoms with Gasteiger partial charge in [-0.15, -0.1) is 0 Å². The first-order chi connectivity index (χ1) is 10.0. The number of benzene rings is 1. The molecule has 0 aromatic heterocycles. The Morgan fingerprint density at radius 2 is 1.86 bits per heavy atom. The quantitative estimate of drug-likeness (QED) is 0.756. The zero-order valence-corrected chi connectivity index (χ0v) is 13.6. The molecule has 0 atom stereocenters. The van der Waals surface area contributed by atoms with Crippen molar-refractivity contribution in [3.05, 3.63) is 28.8 Å². The van der Waals surface area contributed by atoms with Gasteiger partial charge in [0.05, 0.1) is 5.69 Å². The third-order valence-corrected chi connectivity index (χ3v) is 4.48. The van der Waals surface area contributed by atoms with Gasteiger partial charge in [-0.05, 0) is 56.9 Å². The molecular formula is C18H26N2O. The molecule has 0 aliphatic heterocycles. The standard InChI is InChI=1S/C18H26N2O/c1-5-19-17-12-13(2)16(11-14(17)3)18(21)20(4)15-9-7-6-8-10-15/h5,11-12,15H,6-10H2,1-4H3/b19-5+. The molecule has 0 N–H and O–H groups in total. The molecule has 1 amide bonds. The summed E-state index contributed by atoms with van der Waals surface area (Å²) in [6.45, 7) is 5.92. The lowest BCUT2D eigenvalue weighted by Crippen LogP contribution is -2.38. The molecule has 1 aliphatic carbocycles. The summed E-state index contributed by atoms with van der Waals surface area (Å²) in [6.07, 6.45) is 7.85. The maximum Gasteiger partial charge on any atom is 0.254 e. The topological polar surface area (TPSA) is 32.7 Å². The van der Waals surface area contributed by atoms with Gasteiger partial charge in [0.15, 0.2) is 0 Å². The van der Waals surface area contributed by atoms with Crippen molar-refractivity contribution in [1.82, 2.24) is 4.90 Å². The molecule has 1 aliphatic rings. The molecule has 1 saturated carbocycles. The maximum absolute atomic E-state index is 12.8. The lowest BCUT2D eigenvalue weighted by atomic mass is 9.93. The molecular weight excluding hydrogens is 260 g/mol. The normalized spacial score (nSPS) is 16.4. The number of carbonyl (C=O) groups is 1. The Morgan fingerprint density at radius 1 is 1.19 bits per heavy atom. The van der Waals surface area contributed by atoms with Gasteiger partial charge in [0.1, 0.15) is 0 Å². The molecule has 0 unspecified atom stereocenters. The van der Waals surface area contributed by atoms with E-state index in [4.69, 9.17) is 0 Å². The van der Waals surface area contributed by atoms with Gasteiger partial charge in [0.25, 0.3) is 5.91 Å². The Bertz CT molecular complexity index is 542. The predicted molar refractivity (Wildman–Crippen MR) is 88.7 cm³/mol. The molecule has 3 heteroatoms. The number of carbonyl (C=O) groups excluding carboxylic acids is 1. The highest BCUT2D eigenvalue weighted by Crippen LogP contribution is 2.27. The number of hydrogen-bond acceptors (Lipinski definition) is 2. The Labute approximate surface area is 128 Å². The van der Waals surface area contributed by atoms with Gasteiger partial charge in [-0.2, -0.15) is 0 Å². The third-order valence-electron chi connectivity index (χ3n) is 4.48. The number of aryl methyl sites for hydroxylation is 2. The van der Waals surface area contributed by atoms with Crippen molar-refractivity contribution >= 4 is 17.8 Å². The first-order valence-electron chi connectivity index (χ1n) is 7.91. The van der Waals surface area contributed by atoms with Gasteiger partial charge in [0, 0.05) is 24.9 Å². The fourth-order valence-electron chi connectivity index (χ4n) is 3.13. The van der Waals surface area contributed by atoms with Crippen molar-refractivity contribution < 1.29 is 4.79 Å². The molecule has 0 spiro atoms. The Balaban J connectivity index is 2.24. The molecule has 114 valence electrons. The van der Waals surface area contributed by atoms with Crippen LogP contribution in [0.15, 0.2) is 17.1 Å². The number of amides is 1. The van der Waals surface area contributed by atoms with Crippen LogP contribution in [-0.4, -0.2) is 30.1 Å². The lowest BCUT2D eigenvalue weighted by molar-refractivity contribution is 0.0695. The molecule has 2 rings (SSSR count). The number of nitrogens with zero attached hydrogens (tertiary/aromatic N) is 2. The summed E-state index contributed by atoms with van der Waals surface area (Å²) in [7, 11) is 1.95. The van der Waals surface area contributed by atoms with Gasteiger partial charge < -0.3 is 4.90 Å². The van der Waals surface area contributed by atoms with E-state index in [0.717, 1.165) is 35.2 Å². The molecule has 21 heavy (non-hydrogen) atoms. The Kier molecular flexibility index (Phi) is 5.16. The maximum atomic E-state index is 12.8. The van der Waals surface area contributed by atoms with Crippen LogP contribution >= 0.6 is 0 Å². The van der Waals surface area contributed by atoms with Crippen LogP contribution < -0.4 is 0 Å². The molecule has 3 nitrogen and oxygen atoms in total. The summed E-state index contributed by atoms with van der Waals surface area (Å²) in [5.41, 5.74) is 3.83. The summed E-state index contributed by atoms with van der Waals surface area (Å²) in [6, 6.07) is 4.40. The summed E-state index contributed by atoms with van der Waals surface area (Å²) < 4.78 is 0. The predicted octanol–water partition coefficient (Wildman–Crippen LogP) is 4.43. The second-order valence-corrected chi connectivity index (χ2v) is 6.05. The van der Waals surface area contributed by atoms with Crippen LogP contribution in [-0.2, 0) is 0 Å². The van der Waals surface area contributed by atoms with Crippen molar-refractivity contribution in [3.63, 3.8) is 0 Å². The molecule has 0 bridgehead atoms. The van der Waals surface area contributed by atoms with Gasteiger partial charge in [-0.3, -0.25) is 9.79 Å². The smallest absolute Gasteiger partial charge is 0.254 e. The number of hydrogen-bond donors (Lipinski definition) is 0. The SMILES string of the molecule is C/C=N/c1cc(C)c(C(=O)N(C)C2CCCCC2)cc1C. The molecule has 1 aromatic carbocycles. The van der Waals surface area contributed by atoms with E-state index in [9.17, 15) is 4.79 Å². The van der Waals surface area contributed by atoms with Crippen LogP contribution in [0.1, 0.15) is 60.5 Å². The van der Waals surface area contributed by atoms with Crippen molar-refractivity contribution in [2.75, 3.05) is 7.05 Å². The minimum Gasteiger partial charge on any atom is -0.339 e. The average Bonchev–Trinajstić information content (AvgIpc) is 2.50. The highest BCUT2D eigenvalue weighted by atomic mass is 16.2. The fourth-order valence-corrected chi connectivity index (χ4v) is 3.13. The molecule has 1 aromatic rings. The van der Waals surface area contributed by atoms with Crippen molar-refractivity contribution in [1.29, 1.82) is 0 Å². The van der Waals surface area contributed by atoms with Crippen LogP contribution in [0.2, 0.25) is 0 Å². The van der Waals surface area contributed by atoms with Gasteiger partial charge >= 0.3 is 0 Å². The third kappa shape index (κ3) is 3.52. The first kappa shape index (κ1) is 15.7. The van der Waals surface area contributed by atoms with Crippen LogP contribution in [0.4, 0.5) is 5.69 Å². The van der Waals surface area contributed by atoms with Crippen LogP contribution in [0.5, 0.6) is 0 Å². The monoisotopic (exact) mass is 286 g/mol. The van der Waals surface area contributed by atoms with Gasteiger partial charge in [-0.25, -0.2) is 0 Å². The zero-order chi connectivity index (χ0) is 15.4. The summed E-state index contributed by atoms with van der Waals surface area (Å²) in [4.78, 5) is 19.1. The second kappa shape index (κ2) is 6.88. The average molecular weight is 286 g/mol. The van der Waals surface area contributed by atoms with E-state index < -0.39 is 0 Å². The van der Waals surface area contributed by atoms with Gasteiger partial charge in [-0.1, -0.05) is 19.3 Å². The van der Waals surface area contributed by atoms with E-state index in [-0.39, 0.29) is 5.91 Å². The number of rotatable bonds is 3. The van der Waals surface area contributed by atoms with Gasteiger partial charge in [0.2, 0.25) is 0 Å². The van der Waals surface area contributed by atoms with E-state index in [1.807, 2.05) is 44.9 Å². The lowest BCUT2D eigenvalue weighted by Gasteiger charge is -2.31. The first-order valence-corrected chi connectivity index (χ1v) is 7.91. The minimum absolute atomic E-state index is 0.148. The van der Waals surface area contributed by atoms with E-state index in [1.165, 1.54) is 19.3 Å². The van der Waals surface area contributed by atoms with E-state index in [0.29, 0.717) is 6.04 Å².